The Balaban J connectivity index is 2.16. The summed E-state index contributed by atoms with van der Waals surface area (Å²) in [6, 6.07) is 12.7. The van der Waals surface area contributed by atoms with Crippen molar-refractivity contribution in [1.29, 1.82) is 5.26 Å². The van der Waals surface area contributed by atoms with Crippen LogP contribution in [-0.2, 0) is 0 Å². The minimum Gasteiger partial charge on any atom is -0.497 e. The molecule has 0 saturated heterocycles. The number of nitrogens with zero attached hydrogens (tertiary/aromatic N) is 3. The van der Waals surface area contributed by atoms with Crippen molar-refractivity contribution in [3.8, 4) is 11.8 Å². The van der Waals surface area contributed by atoms with Crippen LogP contribution in [0, 0.1) is 11.3 Å². The van der Waals surface area contributed by atoms with Gasteiger partial charge in [0, 0.05) is 11.8 Å². The number of hydrogen-bond donors (Lipinski definition) is 1. The Labute approximate surface area is 98.7 Å². The van der Waals surface area contributed by atoms with E-state index in [2.05, 4.69) is 15.5 Å². The van der Waals surface area contributed by atoms with Crippen LogP contribution < -0.4 is 10.1 Å². The number of nitrogens with one attached hydrogen (secondary N) is 1. The van der Waals surface area contributed by atoms with Crippen LogP contribution in [0.4, 0.5) is 11.5 Å². The van der Waals surface area contributed by atoms with Gasteiger partial charge in [-0.3, -0.25) is 0 Å². The first-order valence-corrected chi connectivity index (χ1v) is 4.97. The van der Waals surface area contributed by atoms with E-state index >= 15 is 0 Å². The van der Waals surface area contributed by atoms with Crippen molar-refractivity contribution in [3.63, 3.8) is 0 Å². The van der Waals surface area contributed by atoms with Gasteiger partial charge in [-0.2, -0.15) is 5.26 Å². The summed E-state index contributed by atoms with van der Waals surface area (Å²) < 4.78 is 5.11. The predicted octanol–water partition coefficient (Wildman–Crippen LogP) is 2.10. The van der Waals surface area contributed by atoms with Gasteiger partial charge < -0.3 is 10.1 Å². The van der Waals surface area contributed by atoms with Crippen molar-refractivity contribution in [2.75, 3.05) is 12.4 Å². The molecule has 0 radical (unpaired) electrons. The number of hydrogen-bond acceptors (Lipinski definition) is 5. The predicted molar refractivity (Wildman–Crippen MR) is 63.0 cm³/mol. The molecule has 1 N–H and O–H groups in total. The second kappa shape index (κ2) is 4.94. The van der Waals surface area contributed by atoms with Crippen molar-refractivity contribution in [1.82, 2.24) is 10.2 Å². The number of anilines is 2. The highest BCUT2D eigenvalue weighted by Crippen LogP contribution is 2.19. The summed E-state index contributed by atoms with van der Waals surface area (Å²) in [6.07, 6.45) is 0. The average Bonchev–Trinajstić information content (AvgIpc) is 2.40. The molecular formula is C12H10N4O. The first-order chi connectivity index (χ1) is 8.31. The fraction of sp³-hybridized carbons (Fsp3) is 0.0833. The normalized spacial score (nSPS) is 9.41. The fourth-order valence-electron chi connectivity index (χ4n) is 1.31. The zero-order valence-corrected chi connectivity index (χ0v) is 9.21. The molecule has 0 aliphatic rings. The Kier molecular flexibility index (Phi) is 3.17. The maximum absolute atomic E-state index is 8.60. The van der Waals surface area contributed by atoms with E-state index in [1.807, 2.05) is 30.3 Å². The van der Waals surface area contributed by atoms with Crippen LogP contribution in [0.15, 0.2) is 36.4 Å². The summed E-state index contributed by atoms with van der Waals surface area (Å²) in [5.74, 6) is 1.34. The zero-order chi connectivity index (χ0) is 12.1. The Morgan fingerprint density at radius 1 is 1.24 bits per heavy atom. The van der Waals surface area contributed by atoms with Crippen LogP contribution in [-0.4, -0.2) is 17.3 Å². The van der Waals surface area contributed by atoms with E-state index in [1.165, 1.54) is 0 Å². The van der Waals surface area contributed by atoms with Gasteiger partial charge in [0.2, 0.25) is 0 Å². The van der Waals surface area contributed by atoms with Gasteiger partial charge in [-0.25, -0.2) is 0 Å². The standard InChI is InChI=1S/C12H10N4O/c1-17-11-4-2-3-9(7-11)14-12-6-5-10(8-13)15-16-12/h2-7H,1H3,(H,14,16). The number of rotatable bonds is 3. The van der Waals surface area contributed by atoms with Crippen molar-refractivity contribution >= 4 is 11.5 Å². The smallest absolute Gasteiger partial charge is 0.163 e. The van der Waals surface area contributed by atoms with E-state index < -0.39 is 0 Å². The Hall–Kier alpha value is -2.61. The molecule has 0 saturated carbocycles. The molecule has 0 unspecified atom stereocenters. The molecule has 0 atom stereocenters. The highest BCUT2D eigenvalue weighted by molar-refractivity contribution is 5.57. The second-order valence-electron chi connectivity index (χ2n) is 3.27. The van der Waals surface area contributed by atoms with Gasteiger partial charge in [-0.05, 0) is 24.3 Å². The number of methoxy groups -OCH3 is 1. The van der Waals surface area contributed by atoms with Crippen molar-refractivity contribution in [3.05, 3.63) is 42.1 Å². The monoisotopic (exact) mass is 226 g/mol. The molecule has 5 nitrogen and oxygen atoms in total. The van der Waals surface area contributed by atoms with E-state index in [0.717, 1.165) is 11.4 Å². The largest absolute Gasteiger partial charge is 0.497 e. The fourth-order valence-corrected chi connectivity index (χ4v) is 1.31. The summed E-state index contributed by atoms with van der Waals surface area (Å²) in [6.45, 7) is 0. The van der Waals surface area contributed by atoms with Gasteiger partial charge >= 0.3 is 0 Å². The van der Waals surface area contributed by atoms with Crippen LogP contribution in [0.5, 0.6) is 5.75 Å². The summed E-state index contributed by atoms with van der Waals surface area (Å²) >= 11 is 0. The molecule has 1 aromatic heterocycles. The summed E-state index contributed by atoms with van der Waals surface area (Å²) in [4.78, 5) is 0. The van der Waals surface area contributed by atoms with Gasteiger partial charge in [0.05, 0.1) is 7.11 Å². The van der Waals surface area contributed by atoms with Crippen molar-refractivity contribution in [2.24, 2.45) is 0 Å². The van der Waals surface area contributed by atoms with E-state index in [4.69, 9.17) is 10.00 Å². The van der Waals surface area contributed by atoms with E-state index in [1.54, 1.807) is 19.2 Å². The Morgan fingerprint density at radius 2 is 2.12 bits per heavy atom. The number of benzene rings is 1. The van der Waals surface area contributed by atoms with Crippen molar-refractivity contribution in [2.45, 2.75) is 0 Å². The van der Waals surface area contributed by atoms with Gasteiger partial charge in [-0.15, -0.1) is 10.2 Å². The second-order valence-corrected chi connectivity index (χ2v) is 3.27. The number of aromatic nitrogens is 2. The third-order valence-electron chi connectivity index (χ3n) is 2.12. The molecule has 17 heavy (non-hydrogen) atoms. The molecular weight excluding hydrogens is 216 g/mol. The summed E-state index contributed by atoms with van der Waals surface area (Å²) in [5.41, 5.74) is 1.14. The molecule has 1 heterocycles. The molecule has 2 rings (SSSR count). The van der Waals surface area contributed by atoms with Gasteiger partial charge in [-0.1, -0.05) is 6.07 Å². The first-order valence-electron chi connectivity index (χ1n) is 4.97. The lowest BCUT2D eigenvalue weighted by molar-refractivity contribution is 0.415. The van der Waals surface area contributed by atoms with Gasteiger partial charge in [0.25, 0.3) is 0 Å². The molecule has 0 aliphatic carbocycles. The quantitative estimate of drug-likeness (QED) is 0.867. The SMILES string of the molecule is COc1cccc(Nc2ccc(C#N)nn2)c1. The van der Waals surface area contributed by atoms with Crippen LogP contribution in [0.1, 0.15) is 5.69 Å². The molecule has 1 aromatic carbocycles. The minimum absolute atomic E-state index is 0.293. The van der Waals surface area contributed by atoms with Crippen LogP contribution in [0.3, 0.4) is 0 Å². The lowest BCUT2D eigenvalue weighted by Crippen LogP contribution is -1.96. The lowest BCUT2D eigenvalue weighted by Gasteiger charge is -2.06. The topological polar surface area (TPSA) is 70.8 Å². The van der Waals surface area contributed by atoms with Gasteiger partial charge in [0.1, 0.15) is 11.8 Å². The summed E-state index contributed by atoms with van der Waals surface area (Å²) in [7, 11) is 1.61. The molecule has 5 heteroatoms. The van der Waals surface area contributed by atoms with E-state index in [9.17, 15) is 0 Å². The first kappa shape index (κ1) is 10.9. The minimum atomic E-state index is 0.293. The van der Waals surface area contributed by atoms with E-state index in [0.29, 0.717) is 11.5 Å². The summed E-state index contributed by atoms with van der Waals surface area (Å²) in [5, 5.41) is 19.3. The van der Waals surface area contributed by atoms with Crippen molar-refractivity contribution < 1.29 is 4.74 Å². The molecule has 0 amide bonds. The van der Waals surface area contributed by atoms with Crippen LogP contribution >= 0.6 is 0 Å². The number of nitriles is 1. The molecule has 0 aliphatic heterocycles. The highest BCUT2D eigenvalue weighted by atomic mass is 16.5. The molecule has 84 valence electrons. The Bertz CT molecular complexity index is 545. The molecule has 0 fully saturated rings. The highest BCUT2D eigenvalue weighted by Gasteiger charge is 1.99. The zero-order valence-electron chi connectivity index (χ0n) is 9.21. The molecule has 2 aromatic rings. The van der Waals surface area contributed by atoms with E-state index in [-0.39, 0.29) is 0 Å². The maximum Gasteiger partial charge on any atom is 0.163 e. The third kappa shape index (κ3) is 2.69. The third-order valence-corrected chi connectivity index (χ3v) is 2.12. The maximum atomic E-state index is 8.60. The number of ether oxygens (including phenoxy) is 1. The molecule has 0 spiro atoms. The van der Waals surface area contributed by atoms with Gasteiger partial charge in [0.15, 0.2) is 11.5 Å². The van der Waals surface area contributed by atoms with Crippen LogP contribution in [0.25, 0.3) is 0 Å². The molecule has 0 bridgehead atoms. The lowest BCUT2D eigenvalue weighted by atomic mass is 10.3. The Morgan fingerprint density at radius 3 is 2.76 bits per heavy atom. The average molecular weight is 226 g/mol. The van der Waals surface area contributed by atoms with Crippen LogP contribution in [0.2, 0.25) is 0 Å².